The molecule has 1 heterocycles. The first-order valence-corrected chi connectivity index (χ1v) is 5.04. The maximum Gasteiger partial charge on any atom is 0.127 e. The molecule has 0 bridgehead atoms. The van der Waals surface area contributed by atoms with Crippen molar-refractivity contribution in [3.05, 3.63) is 18.3 Å². The zero-order chi connectivity index (χ0) is 11.3. The summed E-state index contributed by atoms with van der Waals surface area (Å²) in [5.74, 6) is 0.879. The third-order valence-electron chi connectivity index (χ3n) is 2.48. The van der Waals surface area contributed by atoms with Gasteiger partial charge in [-0.3, -0.25) is 0 Å². The molecule has 0 aromatic carbocycles. The third kappa shape index (κ3) is 3.09. The van der Waals surface area contributed by atoms with E-state index >= 15 is 0 Å². The molecule has 1 aromatic rings. The zero-order valence-corrected chi connectivity index (χ0v) is 9.82. The highest BCUT2D eigenvalue weighted by atomic mass is 16.5. The molecule has 0 saturated carbocycles. The van der Waals surface area contributed by atoms with Gasteiger partial charge in [0.05, 0.1) is 6.61 Å². The fraction of sp³-hybridized carbons (Fsp3) is 0.545. The van der Waals surface area contributed by atoms with Crippen LogP contribution in [0.2, 0.25) is 0 Å². The van der Waals surface area contributed by atoms with Gasteiger partial charge in [0.15, 0.2) is 0 Å². The van der Waals surface area contributed by atoms with Crippen molar-refractivity contribution in [1.29, 1.82) is 0 Å². The van der Waals surface area contributed by atoms with E-state index in [1.165, 1.54) is 0 Å². The van der Waals surface area contributed by atoms with E-state index in [1.807, 2.05) is 19.2 Å². The van der Waals surface area contributed by atoms with Crippen LogP contribution < -0.4 is 10.2 Å². The van der Waals surface area contributed by atoms with Crippen molar-refractivity contribution in [3.8, 4) is 0 Å². The number of rotatable bonds is 5. The predicted molar refractivity (Wildman–Crippen MR) is 63.5 cm³/mol. The van der Waals surface area contributed by atoms with E-state index < -0.39 is 0 Å². The van der Waals surface area contributed by atoms with Crippen LogP contribution in [0.4, 0.5) is 11.5 Å². The minimum Gasteiger partial charge on any atom is -0.383 e. The molecule has 4 heteroatoms. The van der Waals surface area contributed by atoms with Crippen LogP contribution in [0.5, 0.6) is 0 Å². The Morgan fingerprint density at radius 1 is 1.60 bits per heavy atom. The molecule has 0 amide bonds. The van der Waals surface area contributed by atoms with E-state index in [2.05, 4.69) is 29.2 Å². The van der Waals surface area contributed by atoms with Crippen LogP contribution in [0, 0.1) is 0 Å². The molecular weight excluding hydrogens is 190 g/mol. The van der Waals surface area contributed by atoms with Gasteiger partial charge in [0.2, 0.25) is 0 Å². The zero-order valence-electron chi connectivity index (χ0n) is 9.82. The first-order chi connectivity index (χ1) is 7.19. The third-order valence-corrected chi connectivity index (χ3v) is 2.48. The summed E-state index contributed by atoms with van der Waals surface area (Å²) in [6.07, 6.45) is 1.80. The molecular formula is C11H19N3O. The topological polar surface area (TPSA) is 37.4 Å². The van der Waals surface area contributed by atoms with Crippen LogP contribution in [0.1, 0.15) is 6.92 Å². The minimum absolute atomic E-state index is 0.349. The van der Waals surface area contributed by atoms with E-state index in [1.54, 1.807) is 13.3 Å². The lowest BCUT2D eigenvalue weighted by Gasteiger charge is -2.26. The lowest BCUT2D eigenvalue weighted by Crippen LogP contribution is -2.32. The SMILES string of the molecule is CNc1cc(N(C)C(C)COC)ccn1. The molecule has 1 atom stereocenters. The molecule has 1 aromatic heterocycles. The highest BCUT2D eigenvalue weighted by molar-refractivity contribution is 5.53. The van der Waals surface area contributed by atoms with Gasteiger partial charge >= 0.3 is 0 Å². The Kier molecular flexibility index (Phi) is 4.37. The molecule has 0 aliphatic heterocycles. The molecule has 84 valence electrons. The highest BCUT2D eigenvalue weighted by Crippen LogP contribution is 2.17. The Balaban J connectivity index is 2.76. The number of ether oxygens (including phenoxy) is 1. The Bertz CT molecular complexity index is 304. The normalized spacial score (nSPS) is 12.3. The van der Waals surface area contributed by atoms with Crippen LogP contribution in [0.3, 0.4) is 0 Å². The van der Waals surface area contributed by atoms with Crippen molar-refractivity contribution >= 4 is 11.5 Å². The molecule has 1 unspecified atom stereocenters. The number of anilines is 2. The monoisotopic (exact) mass is 209 g/mol. The van der Waals surface area contributed by atoms with Crippen molar-refractivity contribution in [2.75, 3.05) is 38.0 Å². The van der Waals surface area contributed by atoms with E-state index in [0.29, 0.717) is 12.6 Å². The first kappa shape index (κ1) is 11.8. The average molecular weight is 209 g/mol. The summed E-state index contributed by atoms with van der Waals surface area (Å²) < 4.78 is 5.13. The molecule has 0 saturated heterocycles. The number of methoxy groups -OCH3 is 1. The molecule has 0 spiro atoms. The van der Waals surface area contributed by atoms with Crippen LogP contribution in [0.25, 0.3) is 0 Å². The fourth-order valence-electron chi connectivity index (χ4n) is 1.38. The van der Waals surface area contributed by atoms with Gasteiger partial charge in [-0.2, -0.15) is 0 Å². The van der Waals surface area contributed by atoms with Crippen LogP contribution in [0.15, 0.2) is 18.3 Å². The Morgan fingerprint density at radius 2 is 2.33 bits per heavy atom. The molecule has 1 N–H and O–H groups in total. The summed E-state index contributed by atoms with van der Waals surface area (Å²) in [6, 6.07) is 4.36. The smallest absolute Gasteiger partial charge is 0.127 e. The second-order valence-corrected chi connectivity index (χ2v) is 3.56. The summed E-state index contributed by atoms with van der Waals surface area (Å²) in [5, 5.41) is 3.02. The van der Waals surface area contributed by atoms with E-state index in [9.17, 15) is 0 Å². The predicted octanol–water partition coefficient (Wildman–Crippen LogP) is 1.59. The van der Waals surface area contributed by atoms with Crippen LogP contribution in [-0.2, 0) is 4.74 Å². The largest absolute Gasteiger partial charge is 0.383 e. The number of aromatic nitrogens is 1. The second-order valence-electron chi connectivity index (χ2n) is 3.56. The highest BCUT2D eigenvalue weighted by Gasteiger charge is 2.09. The molecule has 1 rings (SSSR count). The number of pyridine rings is 1. The van der Waals surface area contributed by atoms with Crippen molar-refractivity contribution in [2.24, 2.45) is 0 Å². The standard InChI is InChI=1S/C11H19N3O/c1-9(8-15-4)14(3)10-5-6-13-11(7-10)12-2/h5-7,9H,8H2,1-4H3,(H,12,13). The van der Waals surface area contributed by atoms with Gasteiger partial charge in [-0.15, -0.1) is 0 Å². The fourth-order valence-corrected chi connectivity index (χ4v) is 1.38. The summed E-state index contributed by atoms with van der Waals surface area (Å²) in [7, 11) is 5.64. The molecule has 0 radical (unpaired) electrons. The Morgan fingerprint density at radius 3 is 2.93 bits per heavy atom. The molecule has 15 heavy (non-hydrogen) atoms. The quantitative estimate of drug-likeness (QED) is 0.799. The van der Waals surface area contributed by atoms with Gasteiger partial charge in [-0.05, 0) is 13.0 Å². The summed E-state index contributed by atoms with van der Waals surface area (Å²) >= 11 is 0. The molecule has 4 nitrogen and oxygen atoms in total. The summed E-state index contributed by atoms with van der Waals surface area (Å²) in [4.78, 5) is 6.35. The van der Waals surface area contributed by atoms with Gasteiger partial charge in [0, 0.05) is 45.2 Å². The maximum absolute atomic E-state index is 5.13. The van der Waals surface area contributed by atoms with E-state index in [0.717, 1.165) is 11.5 Å². The van der Waals surface area contributed by atoms with Crippen molar-refractivity contribution < 1.29 is 4.74 Å². The average Bonchev–Trinajstić information content (AvgIpc) is 2.28. The number of nitrogens with one attached hydrogen (secondary N) is 1. The first-order valence-electron chi connectivity index (χ1n) is 5.04. The second kappa shape index (κ2) is 5.56. The lowest BCUT2D eigenvalue weighted by atomic mass is 10.2. The van der Waals surface area contributed by atoms with Crippen LogP contribution >= 0.6 is 0 Å². The van der Waals surface area contributed by atoms with Crippen LogP contribution in [-0.4, -0.2) is 38.8 Å². The van der Waals surface area contributed by atoms with Gasteiger partial charge in [0.25, 0.3) is 0 Å². The number of nitrogens with zero attached hydrogens (tertiary/aromatic N) is 2. The van der Waals surface area contributed by atoms with Crippen molar-refractivity contribution in [3.63, 3.8) is 0 Å². The lowest BCUT2D eigenvalue weighted by molar-refractivity contribution is 0.183. The summed E-state index contributed by atoms with van der Waals surface area (Å²) in [5.41, 5.74) is 1.14. The van der Waals surface area contributed by atoms with Gasteiger partial charge in [0.1, 0.15) is 5.82 Å². The Labute approximate surface area is 91.3 Å². The van der Waals surface area contributed by atoms with E-state index in [4.69, 9.17) is 4.74 Å². The summed E-state index contributed by atoms with van der Waals surface area (Å²) in [6.45, 7) is 2.84. The van der Waals surface area contributed by atoms with E-state index in [-0.39, 0.29) is 0 Å². The van der Waals surface area contributed by atoms with Crippen molar-refractivity contribution in [1.82, 2.24) is 4.98 Å². The van der Waals surface area contributed by atoms with Gasteiger partial charge in [-0.1, -0.05) is 0 Å². The van der Waals surface area contributed by atoms with Crippen molar-refractivity contribution in [2.45, 2.75) is 13.0 Å². The van der Waals surface area contributed by atoms with Gasteiger partial charge in [-0.25, -0.2) is 4.98 Å². The number of hydrogen-bond donors (Lipinski definition) is 1. The number of hydrogen-bond acceptors (Lipinski definition) is 4. The molecule has 0 fully saturated rings. The molecule has 0 aliphatic carbocycles. The maximum atomic E-state index is 5.13. The number of likely N-dealkylation sites (N-methyl/N-ethyl adjacent to an activating group) is 1. The molecule has 0 aliphatic rings. The van der Waals surface area contributed by atoms with Gasteiger partial charge < -0.3 is 15.0 Å². The minimum atomic E-state index is 0.349. The Hall–Kier alpha value is -1.29.